The Labute approximate surface area is 110 Å². The van der Waals surface area contributed by atoms with Crippen molar-refractivity contribution in [2.24, 2.45) is 5.10 Å². The van der Waals surface area contributed by atoms with Gasteiger partial charge in [-0.3, -0.25) is 5.43 Å². The van der Waals surface area contributed by atoms with E-state index in [4.69, 9.17) is 22.1 Å². The van der Waals surface area contributed by atoms with E-state index < -0.39 is 17.8 Å². The fourth-order valence-corrected chi connectivity index (χ4v) is 1.19. The first kappa shape index (κ1) is 14.6. The van der Waals surface area contributed by atoms with Gasteiger partial charge in [0, 0.05) is 6.07 Å². The predicted molar refractivity (Wildman–Crippen MR) is 60.4 cm³/mol. The van der Waals surface area contributed by atoms with E-state index in [9.17, 15) is 13.2 Å². The van der Waals surface area contributed by atoms with Crippen LogP contribution in [-0.4, -0.2) is 12.1 Å². The van der Waals surface area contributed by atoms with Crippen molar-refractivity contribution in [2.75, 3.05) is 5.43 Å². The molecule has 0 aromatic heterocycles. The minimum Gasteiger partial charge on any atom is -0.406 e. The summed E-state index contributed by atoms with van der Waals surface area (Å²) in [6.07, 6.45) is -4.81. The summed E-state index contributed by atoms with van der Waals surface area (Å²) >= 11 is 5.68. The molecule has 1 N–H and O–H groups in total. The summed E-state index contributed by atoms with van der Waals surface area (Å²) in [4.78, 5) is 0. The first-order valence-corrected chi connectivity index (χ1v) is 4.92. The Kier molecular flexibility index (Phi) is 4.56. The van der Waals surface area contributed by atoms with Crippen molar-refractivity contribution in [3.8, 4) is 17.9 Å². The molecule has 19 heavy (non-hydrogen) atoms. The van der Waals surface area contributed by atoms with Crippen molar-refractivity contribution < 1.29 is 17.9 Å². The number of benzene rings is 1. The van der Waals surface area contributed by atoms with Crippen molar-refractivity contribution in [3.63, 3.8) is 0 Å². The molecule has 0 aliphatic carbocycles. The molecule has 0 heterocycles. The summed E-state index contributed by atoms with van der Waals surface area (Å²) in [6.45, 7) is 0. The Balaban J connectivity index is 2.88. The van der Waals surface area contributed by atoms with E-state index in [0.29, 0.717) is 0 Å². The number of hydrogen-bond acceptors (Lipinski definition) is 5. The highest BCUT2D eigenvalue weighted by atomic mass is 35.5. The lowest BCUT2D eigenvalue weighted by Gasteiger charge is -2.10. The first-order valence-electron chi connectivity index (χ1n) is 4.55. The normalized spacial score (nSPS) is 10.0. The Morgan fingerprint density at radius 3 is 2.42 bits per heavy atom. The predicted octanol–water partition coefficient (Wildman–Crippen LogP) is 3.05. The molecule has 0 saturated carbocycles. The highest BCUT2D eigenvalue weighted by Crippen LogP contribution is 2.30. The minimum absolute atomic E-state index is 0.110. The average Bonchev–Trinajstić information content (AvgIpc) is 2.30. The van der Waals surface area contributed by atoms with Gasteiger partial charge in [0.25, 0.3) is 0 Å². The van der Waals surface area contributed by atoms with Gasteiger partial charge in [0.1, 0.15) is 17.9 Å². The van der Waals surface area contributed by atoms with Crippen molar-refractivity contribution in [1.82, 2.24) is 0 Å². The van der Waals surface area contributed by atoms with Gasteiger partial charge in [0.15, 0.2) is 0 Å². The van der Waals surface area contributed by atoms with Crippen LogP contribution in [0.15, 0.2) is 23.3 Å². The summed E-state index contributed by atoms with van der Waals surface area (Å²) in [5.74, 6) is -0.493. The number of ether oxygens (including phenoxy) is 1. The molecule has 1 aromatic rings. The summed E-state index contributed by atoms with van der Waals surface area (Å²) in [7, 11) is 0. The number of rotatable bonds is 3. The number of anilines is 1. The molecule has 1 rings (SSSR count). The van der Waals surface area contributed by atoms with E-state index in [1.807, 2.05) is 0 Å². The highest BCUT2D eigenvalue weighted by molar-refractivity contribution is 6.33. The van der Waals surface area contributed by atoms with Gasteiger partial charge in [0.2, 0.25) is 5.71 Å². The van der Waals surface area contributed by atoms with Crippen LogP contribution in [-0.2, 0) is 0 Å². The second-order valence-corrected chi connectivity index (χ2v) is 3.39. The lowest BCUT2D eigenvalue weighted by Crippen LogP contribution is -2.17. The topological polar surface area (TPSA) is 81.2 Å². The Morgan fingerprint density at radius 2 is 1.95 bits per heavy atom. The maximum absolute atomic E-state index is 11.9. The molecule has 0 amide bonds. The van der Waals surface area contributed by atoms with Gasteiger partial charge in [-0.05, 0) is 12.1 Å². The largest absolute Gasteiger partial charge is 0.573 e. The number of nitrogens with zero attached hydrogens (tertiary/aromatic N) is 3. The summed E-state index contributed by atoms with van der Waals surface area (Å²) in [5, 5.41) is 20.1. The molecule has 0 fully saturated rings. The maximum atomic E-state index is 11.9. The number of nitriles is 2. The van der Waals surface area contributed by atoms with E-state index in [-0.39, 0.29) is 10.7 Å². The van der Waals surface area contributed by atoms with Crippen molar-refractivity contribution in [2.45, 2.75) is 6.36 Å². The molecule has 1 aromatic carbocycles. The molecule has 0 bridgehead atoms. The zero-order valence-corrected chi connectivity index (χ0v) is 9.75. The van der Waals surface area contributed by atoms with Gasteiger partial charge in [0.05, 0.1) is 10.7 Å². The van der Waals surface area contributed by atoms with Gasteiger partial charge in [-0.2, -0.15) is 15.6 Å². The molecule has 0 radical (unpaired) electrons. The molecule has 0 aliphatic rings. The maximum Gasteiger partial charge on any atom is 0.573 e. The van der Waals surface area contributed by atoms with Crippen molar-refractivity contribution in [1.29, 1.82) is 10.5 Å². The van der Waals surface area contributed by atoms with Gasteiger partial charge in [-0.15, -0.1) is 13.2 Å². The Morgan fingerprint density at radius 1 is 1.32 bits per heavy atom. The second kappa shape index (κ2) is 5.94. The van der Waals surface area contributed by atoms with Crippen LogP contribution in [0.2, 0.25) is 5.02 Å². The van der Waals surface area contributed by atoms with Crippen LogP contribution < -0.4 is 10.2 Å². The third-order valence-corrected chi connectivity index (χ3v) is 1.99. The molecular formula is C10H4ClF3N4O. The molecule has 0 atom stereocenters. The fourth-order valence-electron chi connectivity index (χ4n) is 0.975. The van der Waals surface area contributed by atoms with E-state index >= 15 is 0 Å². The summed E-state index contributed by atoms with van der Waals surface area (Å²) < 4.78 is 39.5. The lowest BCUT2D eigenvalue weighted by atomic mass is 10.3. The Hall–Kier alpha value is -2.45. The monoisotopic (exact) mass is 288 g/mol. The molecule has 0 unspecified atom stereocenters. The summed E-state index contributed by atoms with van der Waals surface area (Å²) in [5.41, 5.74) is 1.95. The number of halogens is 4. The Bertz CT molecular complexity index is 570. The van der Waals surface area contributed by atoms with Crippen LogP contribution in [0.25, 0.3) is 0 Å². The van der Waals surface area contributed by atoms with Crippen molar-refractivity contribution in [3.05, 3.63) is 23.2 Å². The van der Waals surface area contributed by atoms with E-state index in [1.54, 1.807) is 0 Å². The van der Waals surface area contributed by atoms with Gasteiger partial charge < -0.3 is 4.74 Å². The van der Waals surface area contributed by atoms with Gasteiger partial charge >= 0.3 is 6.36 Å². The van der Waals surface area contributed by atoms with Crippen LogP contribution in [0.3, 0.4) is 0 Å². The molecule has 98 valence electrons. The number of hydrazone groups is 1. The second-order valence-electron chi connectivity index (χ2n) is 2.99. The fraction of sp³-hybridized carbons (Fsp3) is 0.100. The van der Waals surface area contributed by atoms with Crippen LogP contribution in [0.1, 0.15) is 0 Å². The third kappa shape index (κ3) is 4.74. The van der Waals surface area contributed by atoms with Gasteiger partial charge in [-0.25, -0.2) is 0 Å². The van der Waals surface area contributed by atoms with Crippen LogP contribution >= 0.6 is 11.6 Å². The number of hydrogen-bond donors (Lipinski definition) is 1. The lowest BCUT2D eigenvalue weighted by molar-refractivity contribution is -0.274. The third-order valence-electron chi connectivity index (χ3n) is 1.67. The summed E-state index contributed by atoms with van der Waals surface area (Å²) in [6, 6.07) is 6.08. The average molecular weight is 289 g/mol. The molecule has 9 heteroatoms. The molecule has 0 saturated heterocycles. The SMILES string of the molecule is N#CC(C#N)=NNc1ccc(OC(F)(F)F)cc1Cl. The van der Waals surface area contributed by atoms with E-state index in [2.05, 4.69) is 15.3 Å². The molecular weight excluding hydrogens is 285 g/mol. The van der Waals surface area contributed by atoms with Gasteiger partial charge in [-0.1, -0.05) is 11.6 Å². The van der Waals surface area contributed by atoms with Crippen LogP contribution in [0.5, 0.6) is 5.75 Å². The standard InChI is InChI=1S/C10H4ClF3N4O/c11-8-3-7(19-10(12,13)14)1-2-9(8)18-17-6(4-15)5-16/h1-3,18H. The zero-order valence-electron chi connectivity index (χ0n) is 8.99. The number of alkyl halides is 3. The minimum atomic E-state index is -4.81. The highest BCUT2D eigenvalue weighted by Gasteiger charge is 2.31. The number of nitrogens with one attached hydrogen (secondary N) is 1. The molecule has 0 aliphatic heterocycles. The molecule has 5 nitrogen and oxygen atoms in total. The quantitative estimate of drug-likeness (QED) is 0.684. The smallest absolute Gasteiger partial charge is 0.406 e. The van der Waals surface area contributed by atoms with E-state index in [0.717, 1.165) is 12.1 Å². The van der Waals surface area contributed by atoms with Crippen molar-refractivity contribution >= 4 is 23.0 Å². The molecule has 0 spiro atoms. The van der Waals surface area contributed by atoms with Crippen LogP contribution in [0.4, 0.5) is 18.9 Å². The first-order chi connectivity index (χ1) is 8.85. The zero-order chi connectivity index (χ0) is 14.5. The van der Waals surface area contributed by atoms with E-state index in [1.165, 1.54) is 18.2 Å². The van der Waals surface area contributed by atoms with Crippen LogP contribution in [0, 0.1) is 22.7 Å².